The van der Waals surface area contributed by atoms with Crippen molar-refractivity contribution in [2.75, 3.05) is 18.8 Å². The van der Waals surface area contributed by atoms with Crippen LogP contribution in [-0.4, -0.2) is 40.2 Å². The molecule has 0 radical (unpaired) electrons. The molecular formula is C20H22N4O2S. The van der Waals surface area contributed by atoms with Crippen LogP contribution in [0.3, 0.4) is 0 Å². The van der Waals surface area contributed by atoms with Gasteiger partial charge in [-0.1, -0.05) is 42.1 Å². The molecule has 6 nitrogen and oxygen atoms in total. The highest BCUT2D eigenvalue weighted by Crippen LogP contribution is 2.23. The molecule has 2 amide bonds. The molecule has 0 unspecified atom stereocenters. The number of carbonyl (C=O) groups excluding carboxylic acids is 2. The number of rotatable bonds is 8. The number of benzene rings is 2. The van der Waals surface area contributed by atoms with Gasteiger partial charge in [-0.25, -0.2) is 4.98 Å². The molecule has 140 valence electrons. The van der Waals surface area contributed by atoms with Crippen LogP contribution < -0.4 is 10.6 Å². The molecule has 0 spiro atoms. The van der Waals surface area contributed by atoms with Crippen molar-refractivity contribution in [3.8, 4) is 0 Å². The van der Waals surface area contributed by atoms with Crippen LogP contribution >= 0.6 is 11.8 Å². The maximum atomic E-state index is 12.1. The molecule has 0 saturated carbocycles. The van der Waals surface area contributed by atoms with Crippen LogP contribution in [0, 0.1) is 0 Å². The predicted molar refractivity (Wildman–Crippen MR) is 108 cm³/mol. The third-order valence-corrected chi connectivity index (χ3v) is 5.01. The van der Waals surface area contributed by atoms with Gasteiger partial charge in [0.05, 0.1) is 16.8 Å². The highest BCUT2D eigenvalue weighted by Gasteiger charge is 2.11. The summed E-state index contributed by atoms with van der Waals surface area (Å²) in [6.45, 7) is 3.64. The largest absolute Gasteiger partial charge is 0.354 e. The van der Waals surface area contributed by atoms with Crippen molar-refractivity contribution in [3.63, 3.8) is 0 Å². The fourth-order valence-corrected chi connectivity index (χ4v) is 3.63. The molecule has 3 aromatic rings. The standard InChI is InChI=1S/C20H22N4O2S/c1-2-24-17-11-7-6-10-16(17)23-20(24)27-14-18(25)21-12-13-22-19(26)15-8-4-3-5-9-15/h3-11H,2,12-14H2,1H3,(H,21,25)(H,22,26). The number of nitrogens with one attached hydrogen (secondary N) is 2. The van der Waals surface area contributed by atoms with E-state index in [1.807, 2.05) is 42.5 Å². The van der Waals surface area contributed by atoms with E-state index in [1.165, 1.54) is 11.8 Å². The van der Waals surface area contributed by atoms with Gasteiger partial charge in [0.2, 0.25) is 5.91 Å². The van der Waals surface area contributed by atoms with E-state index in [4.69, 9.17) is 0 Å². The summed E-state index contributed by atoms with van der Waals surface area (Å²) in [6.07, 6.45) is 0. The Morgan fingerprint density at radius 1 is 1.00 bits per heavy atom. The molecule has 7 heteroatoms. The van der Waals surface area contributed by atoms with Gasteiger partial charge in [-0.2, -0.15) is 0 Å². The van der Waals surface area contributed by atoms with Gasteiger partial charge in [-0.15, -0.1) is 0 Å². The van der Waals surface area contributed by atoms with Crippen LogP contribution in [0.1, 0.15) is 17.3 Å². The van der Waals surface area contributed by atoms with Crippen LogP contribution in [0.15, 0.2) is 59.8 Å². The first-order valence-corrected chi connectivity index (χ1v) is 9.85. The van der Waals surface area contributed by atoms with Crippen LogP contribution in [0.2, 0.25) is 0 Å². The van der Waals surface area contributed by atoms with Crippen LogP contribution in [-0.2, 0) is 11.3 Å². The molecule has 0 aliphatic carbocycles. The summed E-state index contributed by atoms with van der Waals surface area (Å²) in [4.78, 5) is 28.6. The number of carbonyl (C=O) groups is 2. The summed E-state index contributed by atoms with van der Waals surface area (Å²) in [5.74, 6) is 0.0650. The number of aryl methyl sites for hydroxylation is 1. The molecule has 1 aromatic heterocycles. The average Bonchev–Trinajstić information content (AvgIpc) is 3.07. The van der Waals surface area contributed by atoms with E-state index >= 15 is 0 Å². The van der Waals surface area contributed by atoms with E-state index in [0.29, 0.717) is 18.7 Å². The summed E-state index contributed by atoms with van der Waals surface area (Å²) >= 11 is 1.42. The molecule has 0 aliphatic heterocycles. The number of nitrogens with zero attached hydrogens (tertiary/aromatic N) is 2. The van der Waals surface area contributed by atoms with E-state index < -0.39 is 0 Å². The highest BCUT2D eigenvalue weighted by molar-refractivity contribution is 7.99. The maximum absolute atomic E-state index is 12.1. The van der Waals surface area contributed by atoms with E-state index in [0.717, 1.165) is 22.7 Å². The third-order valence-electron chi connectivity index (χ3n) is 4.04. The quantitative estimate of drug-likeness (QED) is 0.464. The van der Waals surface area contributed by atoms with Gasteiger partial charge in [0.15, 0.2) is 5.16 Å². The minimum atomic E-state index is -0.143. The highest BCUT2D eigenvalue weighted by atomic mass is 32.2. The molecule has 27 heavy (non-hydrogen) atoms. The van der Waals surface area contributed by atoms with Gasteiger partial charge in [0.1, 0.15) is 0 Å². The lowest BCUT2D eigenvalue weighted by atomic mass is 10.2. The Morgan fingerprint density at radius 3 is 2.48 bits per heavy atom. The molecular weight excluding hydrogens is 360 g/mol. The second-order valence-corrected chi connectivity index (χ2v) is 6.83. The summed E-state index contributed by atoms with van der Waals surface area (Å²) in [7, 11) is 0. The molecule has 3 rings (SSSR count). The van der Waals surface area contributed by atoms with Crippen molar-refractivity contribution >= 4 is 34.6 Å². The first-order valence-electron chi connectivity index (χ1n) is 8.87. The lowest BCUT2D eigenvalue weighted by molar-refractivity contribution is -0.118. The third kappa shape index (κ3) is 4.89. The maximum Gasteiger partial charge on any atom is 0.251 e. The predicted octanol–water partition coefficient (Wildman–Crippen LogP) is 2.69. The number of imidazole rings is 1. The zero-order valence-corrected chi connectivity index (χ0v) is 16.0. The van der Waals surface area contributed by atoms with Crippen LogP contribution in [0.5, 0.6) is 0 Å². The van der Waals surface area contributed by atoms with Crippen molar-refractivity contribution in [1.82, 2.24) is 20.2 Å². The SMILES string of the molecule is CCn1c(SCC(=O)NCCNC(=O)c2ccccc2)nc2ccccc21. The van der Waals surface area contributed by atoms with E-state index in [1.54, 1.807) is 12.1 Å². The second-order valence-electron chi connectivity index (χ2n) is 5.89. The summed E-state index contributed by atoms with van der Waals surface area (Å²) in [6, 6.07) is 17.0. The molecule has 0 saturated heterocycles. The molecule has 0 fully saturated rings. The number of amides is 2. The Balaban J connectivity index is 1.43. The Morgan fingerprint density at radius 2 is 1.70 bits per heavy atom. The number of para-hydroxylation sites is 2. The van der Waals surface area contributed by atoms with Crippen LogP contribution in [0.25, 0.3) is 11.0 Å². The summed E-state index contributed by atoms with van der Waals surface area (Å²) in [5.41, 5.74) is 2.62. The zero-order valence-electron chi connectivity index (χ0n) is 15.1. The van der Waals surface area contributed by atoms with Crippen molar-refractivity contribution in [2.45, 2.75) is 18.6 Å². The zero-order chi connectivity index (χ0) is 19.1. The lowest BCUT2D eigenvalue weighted by Crippen LogP contribution is -2.35. The molecule has 2 N–H and O–H groups in total. The molecule has 0 atom stereocenters. The fourth-order valence-electron chi connectivity index (χ4n) is 2.72. The first-order chi connectivity index (χ1) is 13.2. The Labute approximate surface area is 162 Å². The monoisotopic (exact) mass is 382 g/mol. The van der Waals surface area contributed by atoms with E-state index in [2.05, 4.69) is 27.1 Å². The minimum absolute atomic E-state index is 0.0799. The van der Waals surface area contributed by atoms with Crippen molar-refractivity contribution < 1.29 is 9.59 Å². The van der Waals surface area contributed by atoms with E-state index in [9.17, 15) is 9.59 Å². The van der Waals surface area contributed by atoms with Gasteiger partial charge in [-0.3, -0.25) is 9.59 Å². The van der Waals surface area contributed by atoms with E-state index in [-0.39, 0.29) is 17.6 Å². The van der Waals surface area contributed by atoms with Gasteiger partial charge in [0, 0.05) is 25.2 Å². The number of hydrogen-bond donors (Lipinski definition) is 2. The Kier molecular flexibility index (Phi) is 6.49. The molecule has 0 bridgehead atoms. The summed E-state index contributed by atoms with van der Waals surface area (Å²) < 4.78 is 2.10. The van der Waals surface area contributed by atoms with Gasteiger partial charge in [0.25, 0.3) is 5.91 Å². The lowest BCUT2D eigenvalue weighted by Gasteiger charge is -2.08. The Bertz CT molecular complexity index is 924. The average molecular weight is 382 g/mol. The first kappa shape index (κ1) is 19.0. The van der Waals surface area contributed by atoms with Crippen molar-refractivity contribution in [1.29, 1.82) is 0 Å². The normalized spacial score (nSPS) is 10.7. The number of hydrogen-bond acceptors (Lipinski definition) is 4. The topological polar surface area (TPSA) is 76.0 Å². The second kappa shape index (κ2) is 9.23. The van der Waals surface area contributed by atoms with Crippen LogP contribution in [0.4, 0.5) is 0 Å². The van der Waals surface area contributed by atoms with Crippen molar-refractivity contribution in [2.24, 2.45) is 0 Å². The minimum Gasteiger partial charge on any atom is -0.354 e. The smallest absolute Gasteiger partial charge is 0.251 e. The molecule has 1 heterocycles. The van der Waals surface area contributed by atoms with Gasteiger partial charge < -0.3 is 15.2 Å². The summed E-state index contributed by atoms with van der Waals surface area (Å²) in [5, 5.41) is 6.45. The Hall–Kier alpha value is -2.80. The number of fused-ring (bicyclic) bond motifs is 1. The number of aromatic nitrogens is 2. The molecule has 0 aliphatic rings. The van der Waals surface area contributed by atoms with Gasteiger partial charge in [-0.05, 0) is 31.2 Å². The number of thioether (sulfide) groups is 1. The van der Waals surface area contributed by atoms with Crippen molar-refractivity contribution in [3.05, 3.63) is 60.2 Å². The fraction of sp³-hybridized carbons (Fsp3) is 0.250. The van der Waals surface area contributed by atoms with Gasteiger partial charge >= 0.3 is 0 Å². The molecule has 2 aromatic carbocycles.